The van der Waals surface area contributed by atoms with Gasteiger partial charge in [-0.3, -0.25) is 4.79 Å². The molecule has 0 atom stereocenters. The maximum absolute atomic E-state index is 13.1. The Kier molecular flexibility index (Phi) is 3.56. The number of aromatic nitrogens is 3. The highest BCUT2D eigenvalue weighted by Gasteiger charge is 2.40. The highest BCUT2D eigenvalue weighted by Crippen LogP contribution is 2.35. The van der Waals surface area contributed by atoms with Crippen molar-refractivity contribution in [3.63, 3.8) is 0 Å². The van der Waals surface area contributed by atoms with Gasteiger partial charge in [0.05, 0.1) is 16.8 Å². The highest BCUT2D eigenvalue weighted by atomic mass is 35.5. The van der Waals surface area contributed by atoms with Crippen molar-refractivity contribution in [1.29, 1.82) is 0 Å². The Labute approximate surface area is 117 Å². The molecule has 0 spiro atoms. The van der Waals surface area contributed by atoms with Gasteiger partial charge in [-0.15, -0.1) is 0 Å². The normalized spacial score (nSPS) is 11.7. The molecule has 0 unspecified atom stereocenters. The van der Waals surface area contributed by atoms with Gasteiger partial charge in [0.2, 0.25) is 0 Å². The van der Waals surface area contributed by atoms with Crippen LogP contribution in [0.1, 0.15) is 28.5 Å². The summed E-state index contributed by atoms with van der Waals surface area (Å²) in [5.41, 5.74) is -1.13. The van der Waals surface area contributed by atoms with Crippen LogP contribution in [0.4, 0.5) is 13.2 Å². The summed E-state index contributed by atoms with van der Waals surface area (Å²) in [4.78, 5) is 15.1. The Morgan fingerprint density at radius 2 is 2.05 bits per heavy atom. The van der Waals surface area contributed by atoms with Crippen molar-refractivity contribution in [2.75, 3.05) is 0 Å². The van der Waals surface area contributed by atoms with E-state index in [-0.39, 0.29) is 10.8 Å². The molecule has 0 fully saturated rings. The van der Waals surface area contributed by atoms with Crippen molar-refractivity contribution < 1.29 is 18.0 Å². The summed E-state index contributed by atoms with van der Waals surface area (Å²) in [5.74, 6) is -0.890. The SMILES string of the molecule is CC(=O)c1cnn(-c2nccc(C)c2Cl)c1C(F)(F)F. The summed E-state index contributed by atoms with van der Waals surface area (Å²) < 4.78 is 40.0. The lowest BCUT2D eigenvalue weighted by Gasteiger charge is -2.12. The average Bonchev–Trinajstić information content (AvgIpc) is 2.77. The van der Waals surface area contributed by atoms with Crippen LogP contribution < -0.4 is 0 Å². The van der Waals surface area contributed by atoms with Gasteiger partial charge in [0.15, 0.2) is 17.3 Å². The molecule has 0 saturated carbocycles. The van der Waals surface area contributed by atoms with Crippen molar-refractivity contribution in [2.24, 2.45) is 0 Å². The third kappa shape index (κ3) is 2.40. The van der Waals surface area contributed by atoms with Crippen molar-refractivity contribution in [1.82, 2.24) is 14.8 Å². The van der Waals surface area contributed by atoms with E-state index in [0.29, 0.717) is 10.2 Å². The van der Waals surface area contributed by atoms with Crippen LogP contribution in [0, 0.1) is 6.92 Å². The first kappa shape index (κ1) is 14.5. The van der Waals surface area contributed by atoms with Gasteiger partial charge in [-0.1, -0.05) is 11.6 Å². The molecular formula is C12H9ClF3N3O. The third-order valence-electron chi connectivity index (χ3n) is 2.68. The van der Waals surface area contributed by atoms with E-state index in [2.05, 4.69) is 10.1 Å². The molecule has 8 heteroatoms. The number of pyridine rings is 1. The third-order valence-corrected chi connectivity index (χ3v) is 3.15. The van der Waals surface area contributed by atoms with Crippen LogP contribution in [-0.4, -0.2) is 20.5 Å². The average molecular weight is 304 g/mol. The molecule has 106 valence electrons. The number of hydrogen-bond acceptors (Lipinski definition) is 3. The van der Waals surface area contributed by atoms with Gasteiger partial charge in [-0.25, -0.2) is 9.67 Å². The molecule has 2 aromatic rings. The van der Waals surface area contributed by atoms with Gasteiger partial charge in [0, 0.05) is 6.20 Å². The minimum absolute atomic E-state index is 0.0520. The second kappa shape index (κ2) is 4.90. The highest BCUT2D eigenvalue weighted by molar-refractivity contribution is 6.32. The molecule has 0 N–H and O–H groups in total. The first-order valence-corrected chi connectivity index (χ1v) is 5.89. The molecule has 2 rings (SSSR count). The number of nitrogens with zero attached hydrogens (tertiary/aromatic N) is 3. The van der Waals surface area contributed by atoms with Crippen LogP contribution >= 0.6 is 11.6 Å². The summed E-state index contributed by atoms with van der Waals surface area (Å²) in [6, 6.07) is 1.56. The number of ketones is 1. The van der Waals surface area contributed by atoms with E-state index < -0.39 is 23.2 Å². The van der Waals surface area contributed by atoms with Crippen LogP contribution in [-0.2, 0) is 6.18 Å². The maximum atomic E-state index is 13.1. The number of carbonyl (C=O) groups excluding carboxylic acids is 1. The zero-order valence-electron chi connectivity index (χ0n) is 10.5. The Morgan fingerprint density at radius 1 is 1.40 bits per heavy atom. The summed E-state index contributed by atoms with van der Waals surface area (Å²) in [5, 5.41) is 3.66. The molecule has 0 aliphatic carbocycles. The standard InChI is InChI=1S/C12H9ClF3N3O/c1-6-3-4-17-11(9(6)13)19-10(12(14,15)16)8(5-18-19)7(2)20/h3-5H,1-2H3. The molecular weight excluding hydrogens is 295 g/mol. The van der Waals surface area contributed by atoms with Gasteiger partial charge in [0.25, 0.3) is 0 Å². The summed E-state index contributed by atoms with van der Waals surface area (Å²) in [6.45, 7) is 2.68. The van der Waals surface area contributed by atoms with E-state index in [0.717, 1.165) is 13.1 Å². The molecule has 2 heterocycles. The van der Waals surface area contributed by atoms with Crippen molar-refractivity contribution >= 4 is 17.4 Å². The molecule has 0 radical (unpaired) electrons. The number of alkyl halides is 3. The second-order valence-corrected chi connectivity index (χ2v) is 4.52. The lowest BCUT2D eigenvalue weighted by molar-refractivity contribution is -0.143. The maximum Gasteiger partial charge on any atom is 0.434 e. The minimum atomic E-state index is -4.74. The van der Waals surface area contributed by atoms with Gasteiger partial charge in [-0.05, 0) is 25.5 Å². The molecule has 0 aliphatic heterocycles. The summed E-state index contributed by atoms with van der Waals surface area (Å²) >= 11 is 5.96. The van der Waals surface area contributed by atoms with E-state index in [1.807, 2.05) is 0 Å². The van der Waals surface area contributed by atoms with Crippen molar-refractivity contribution in [3.8, 4) is 5.82 Å². The topological polar surface area (TPSA) is 47.8 Å². The first-order valence-electron chi connectivity index (χ1n) is 5.51. The molecule has 0 saturated heterocycles. The van der Waals surface area contributed by atoms with E-state index in [9.17, 15) is 18.0 Å². The Hall–Kier alpha value is -1.89. The number of Topliss-reactive ketones (excluding diaryl/α,β-unsaturated/α-hetero) is 1. The Balaban J connectivity index is 2.76. The van der Waals surface area contributed by atoms with E-state index in [4.69, 9.17) is 11.6 Å². The molecule has 4 nitrogen and oxygen atoms in total. The lowest BCUT2D eigenvalue weighted by Crippen LogP contribution is -2.17. The molecule has 20 heavy (non-hydrogen) atoms. The van der Waals surface area contributed by atoms with Crippen molar-refractivity contribution in [3.05, 3.63) is 40.3 Å². The largest absolute Gasteiger partial charge is 0.434 e. The fraction of sp³-hybridized carbons (Fsp3) is 0.250. The molecule has 0 amide bonds. The zero-order chi connectivity index (χ0) is 15.1. The molecule has 0 bridgehead atoms. The number of rotatable bonds is 2. The zero-order valence-corrected chi connectivity index (χ0v) is 11.2. The van der Waals surface area contributed by atoms with Crippen molar-refractivity contribution in [2.45, 2.75) is 20.0 Å². The smallest absolute Gasteiger partial charge is 0.294 e. The van der Waals surface area contributed by atoms with Gasteiger partial charge in [0.1, 0.15) is 0 Å². The Morgan fingerprint density at radius 3 is 2.60 bits per heavy atom. The summed E-state index contributed by atoms with van der Waals surface area (Å²) in [7, 11) is 0. The van der Waals surface area contributed by atoms with Crippen LogP contribution in [0.5, 0.6) is 0 Å². The number of aryl methyl sites for hydroxylation is 1. The van der Waals surface area contributed by atoms with Crippen LogP contribution in [0.15, 0.2) is 18.5 Å². The lowest BCUT2D eigenvalue weighted by atomic mass is 10.2. The molecule has 0 aromatic carbocycles. The van der Waals surface area contributed by atoms with Gasteiger partial charge in [-0.2, -0.15) is 18.3 Å². The summed E-state index contributed by atoms with van der Waals surface area (Å²) in [6.07, 6.45) is -2.55. The number of halogens is 4. The fourth-order valence-corrected chi connectivity index (χ4v) is 1.90. The molecule has 2 aromatic heterocycles. The van der Waals surface area contributed by atoms with Crippen LogP contribution in [0.2, 0.25) is 5.02 Å². The van der Waals surface area contributed by atoms with Gasteiger partial charge >= 0.3 is 6.18 Å². The monoisotopic (exact) mass is 303 g/mol. The second-order valence-electron chi connectivity index (χ2n) is 4.14. The number of hydrogen-bond donors (Lipinski definition) is 0. The quantitative estimate of drug-likeness (QED) is 0.798. The minimum Gasteiger partial charge on any atom is -0.294 e. The van der Waals surface area contributed by atoms with E-state index in [1.54, 1.807) is 13.0 Å². The van der Waals surface area contributed by atoms with Crippen LogP contribution in [0.3, 0.4) is 0 Å². The predicted molar refractivity (Wildman–Crippen MR) is 66.1 cm³/mol. The fourth-order valence-electron chi connectivity index (χ4n) is 1.71. The Bertz CT molecular complexity index is 679. The first-order chi connectivity index (χ1) is 9.23. The van der Waals surface area contributed by atoms with E-state index in [1.165, 1.54) is 6.20 Å². The number of carbonyl (C=O) groups is 1. The molecule has 0 aliphatic rings. The van der Waals surface area contributed by atoms with E-state index >= 15 is 0 Å². The van der Waals surface area contributed by atoms with Crippen LogP contribution in [0.25, 0.3) is 5.82 Å². The predicted octanol–water partition coefficient (Wildman–Crippen LogP) is 3.45. The van der Waals surface area contributed by atoms with Gasteiger partial charge < -0.3 is 0 Å².